The van der Waals surface area contributed by atoms with Crippen LogP contribution in [0.2, 0.25) is 0 Å². The summed E-state index contributed by atoms with van der Waals surface area (Å²) >= 11 is 0. The summed E-state index contributed by atoms with van der Waals surface area (Å²) in [5, 5.41) is 0. The predicted octanol–water partition coefficient (Wildman–Crippen LogP) is 4.77. The number of hydrogen-bond donors (Lipinski definition) is 0. The van der Waals surface area contributed by atoms with E-state index in [-0.39, 0.29) is 23.1 Å². The maximum absolute atomic E-state index is 14.3. The molecule has 2 bridgehead atoms. The Kier molecular flexibility index (Phi) is 5.25. The van der Waals surface area contributed by atoms with Gasteiger partial charge in [-0.2, -0.15) is 0 Å². The van der Waals surface area contributed by atoms with Crippen LogP contribution in [0.5, 0.6) is 5.75 Å². The Balaban J connectivity index is 1.98. The minimum Gasteiger partial charge on any atom is -0.426 e. The van der Waals surface area contributed by atoms with Crippen LogP contribution in [0.4, 0.5) is 4.39 Å². The molecule has 26 heavy (non-hydrogen) atoms. The molecule has 3 unspecified atom stereocenters. The summed E-state index contributed by atoms with van der Waals surface area (Å²) in [5.41, 5.74) is 2.25. The zero-order chi connectivity index (χ0) is 19.1. The third-order valence-electron chi connectivity index (χ3n) is 5.74. The zero-order valence-corrected chi connectivity index (χ0v) is 16.5. The van der Waals surface area contributed by atoms with Crippen LogP contribution in [0.1, 0.15) is 45.6 Å². The standard InChI is InChI=1S/C22H30FNO2/c1-14(2)21(25)26-18-9-16(8-17(23)10-18)19-12-22(3)7-6-15(11-22)20(19)13-24(4)5/h8-10,12,14-15,20H,6-7,11,13H2,1-5H3. The molecule has 1 saturated carbocycles. The van der Waals surface area contributed by atoms with Crippen molar-refractivity contribution in [3.8, 4) is 5.75 Å². The summed E-state index contributed by atoms with van der Waals surface area (Å²) < 4.78 is 19.7. The van der Waals surface area contributed by atoms with E-state index in [4.69, 9.17) is 4.74 Å². The summed E-state index contributed by atoms with van der Waals surface area (Å²) in [6.45, 7) is 6.80. The fourth-order valence-corrected chi connectivity index (χ4v) is 4.49. The number of fused-ring (bicyclic) bond motifs is 2. The molecule has 1 aromatic carbocycles. The van der Waals surface area contributed by atoms with E-state index in [9.17, 15) is 9.18 Å². The monoisotopic (exact) mass is 359 g/mol. The first-order chi connectivity index (χ1) is 12.2. The van der Waals surface area contributed by atoms with E-state index in [1.54, 1.807) is 19.9 Å². The van der Waals surface area contributed by atoms with Gasteiger partial charge in [0.1, 0.15) is 11.6 Å². The van der Waals surface area contributed by atoms with Crippen molar-refractivity contribution in [2.75, 3.05) is 20.6 Å². The average Bonchev–Trinajstić information content (AvgIpc) is 2.86. The SMILES string of the molecule is CC(C)C(=O)Oc1cc(F)cc(C2=CC3(C)CCC(C3)C2CN(C)C)c1. The lowest BCUT2D eigenvalue weighted by atomic mass is 9.71. The molecule has 2 aliphatic carbocycles. The van der Waals surface area contributed by atoms with Crippen LogP contribution in [0.3, 0.4) is 0 Å². The highest BCUT2D eigenvalue weighted by atomic mass is 19.1. The van der Waals surface area contributed by atoms with Gasteiger partial charge in [-0.1, -0.05) is 26.8 Å². The number of halogens is 1. The summed E-state index contributed by atoms with van der Waals surface area (Å²) in [5.74, 6) is 0.374. The number of carbonyl (C=O) groups excluding carboxylic acids is 1. The molecule has 0 aliphatic heterocycles. The van der Waals surface area contributed by atoms with Gasteiger partial charge in [-0.05, 0) is 73.9 Å². The second kappa shape index (κ2) is 7.15. The summed E-state index contributed by atoms with van der Waals surface area (Å²) in [6.07, 6.45) is 5.97. The molecule has 0 heterocycles. The molecule has 2 aliphatic rings. The highest BCUT2D eigenvalue weighted by molar-refractivity contribution is 5.76. The summed E-state index contributed by atoms with van der Waals surface area (Å²) in [6, 6.07) is 4.70. The summed E-state index contributed by atoms with van der Waals surface area (Å²) in [4.78, 5) is 14.1. The van der Waals surface area contributed by atoms with E-state index in [1.165, 1.54) is 30.9 Å². The van der Waals surface area contributed by atoms with Crippen molar-refractivity contribution in [2.24, 2.45) is 23.2 Å². The number of rotatable bonds is 5. The van der Waals surface area contributed by atoms with E-state index in [1.807, 2.05) is 6.07 Å². The average molecular weight is 359 g/mol. The van der Waals surface area contributed by atoms with E-state index in [0.717, 1.165) is 12.1 Å². The molecule has 3 nitrogen and oxygen atoms in total. The number of benzene rings is 1. The predicted molar refractivity (Wildman–Crippen MR) is 102 cm³/mol. The molecular weight excluding hydrogens is 329 g/mol. The van der Waals surface area contributed by atoms with Gasteiger partial charge in [-0.25, -0.2) is 4.39 Å². The van der Waals surface area contributed by atoms with Gasteiger partial charge in [0.15, 0.2) is 0 Å². The lowest BCUT2D eigenvalue weighted by molar-refractivity contribution is -0.137. The van der Waals surface area contributed by atoms with Crippen molar-refractivity contribution in [2.45, 2.75) is 40.0 Å². The third kappa shape index (κ3) is 4.01. The molecule has 4 heteroatoms. The smallest absolute Gasteiger partial charge is 0.313 e. The second-order valence-electron chi connectivity index (χ2n) is 8.88. The summed E-state index contributed by atoms with van der Waals surface area (Å²) in [7, 11) is 4.17. The van der Waals surface area contributed by atoms with Crippen LogP contribution >= 0.6 is 0 Å². The molecule has 3 rings (SSSR count). The second-order valence-corrected chi connectivity index (χ2v) is 8.88. The van der Waals surface area contributed by atoms with Crippen molar-refractivity contribution in [3.63, 3.8) is 0 Å². The number of hydrogen-bond acceptors (Lipinski definition) is 3. The van der Waals surface area contributed by atoms with Gasteiger partial charge in [0.2, 0.25) is 0 Å². The highest BCUT2D eigenvalue weighted by Gasteiger charge is 2.43. The van der Waals surface area contributed by atoms with Gasteiger partial charge in [0.05, 0.1) is 5.92 Å². The Morgan fingerprint density at radius 2 is 2.08 bits per heavy atom. The molecule has 0 saturated heterocycles. The van der Waals surface area contributed by atoms with E-state index < -0.39 is 0 Å². The van der Waals surface area contributed by atoms with Crippen molar-refractivity contribution in [1.29, 1.82) is 0 Å². The minimum atomic E-state index is -0.360. The number of ether oxygens (including phenoxy) is 1. The first kappa shape index (κ1) is 19.1. The molecule has 0 spiro atoms. The Bertz CT molecular complexity index is 725. The van der Waals surface area contributed by atoms with E-state index >= 15 is 0 Å². The van der Waals surface area contributed by atoms with Crippen LogP contribution in [-0.2, 0) is 4.79 Å². The van der Waals surface area contributed by atoms with Crippen molar-refractivity contribution in [3.05, 3.63) is 35.7 Å². The first-order valence-electron chi connectivity index (χ1n) is 9.57. The van der Waals surface area contributed by atoms with Gasteiger partial charge >= 0.3 is 5.97 Å². The fourth-order valence-electron chi connectivity index (χ4n) is 4.49. The van der Waals surface area contributed by atoms with Crippen molar-refractivity contribution in [1.82, 2.24) is 4.90 Å². The highest BCUT2D eigenvalue weighted by Crippen LogP contribution is 2.54. The molecule has 0 aromatic heterocycles. The molecule has 0 radical (unpaired) electrons. The number of nitrogens with zero attached hydrogens (tertiary/aromatic N) is 1. The molecule has 3 atom stereocenters. The Morgan fingerprint density at radius 3 is 2.73 bits per heavy atom. The lowest BCUT2D eigenvalue weighted by Gasteiger charge is -2.36. The Morgan fingerprint density at radius 1 is 1.35 bits per heavy atom. The molecular formula is C22H30FNO2. The van der Waals surface area contributed by atoms with Gasteiger partial charge in [-0.15, -0.1) is 0 Å². The van der Waals surface area contributed by atoms with Gasteiger partial charge in [0, 0.05) is 12.6 Å². The molecule has 1 aromatic rings. The molecule has 0 amide bonds. The topological polar surface area (TPSA) is 29.5 Å². The van der Waals surface area contributed by atoms with Crippen LogP contribution < -0.4 is 4.74 Å². The van der Waals surface area contributed by atoms with Crippen molar-refractivity contribution < 1.29 is 13.9 Å². The quantitative estimate of drug-likeness (QED) is 0.560. The largest absolute Gasteiger partial charge is 0.426 e. The first-order valence-corrected chi connectivity index (χ1v) is 9.57. The molecule has 1 fully saturated rings. The van der Waals surface area contributed by atoms with E-state index in [2.05, 4.69) is 32.0 Å². The Labute approximate surface area is 156 Å². The van der Waals surface area contributed by atoms with Crippen LogP contribution in [-0.4, -0.2) is 31.5 Å². The zero-order valence-electron chi connectivity index (χ0n) is 16.5. The van der Waals surface area contributed by atoms with Crippen LogP contribution in [0, 0.1) is 29.0 Å². The molecule has 0 N–H and O–H groups in total. The van der Waals surface area contributed by atoms with E-state index in [0.29, 0.717) is 17.6 Å². The van der Waals surface area contributed by atoms with Crippen LogP contribution in [0.15, 0.2) is 24.3 Å². The minimum absolute atomic E-state index is 0.198. The van der Waals surface area contributed by atoms with Gasteiger partial charge < -0.3 is 9.64 Å². The van der Waals surface area contributed by atoms with Crippen molar-refractivity contribution >= 4 is 11.5 Å². The van der Waals surface area contributed by atoms with Crippen LogP contribution in [0.25, 0.3) is 5.57 Å². The number of carbonyl (C=O) groups is 1. The maximum atomic E-state index is 14.3. The van der Waals surface area contributed by atoms with Gasteiger partial charge in [-0.3, -0.25) is 4.79 Å². The number of esters is 1. The number of allylic oxidation sites excluding steroid dienone is 1. The lowest BCUT2D eigenvalue weighted by Crippen LogP contribution is -2.31. The third-order valence-corrected chi connectivity index (χ3v) is 5.74. The normalized spacial score (nSPS) is 27.8. The Hall–Kier alpha value is -1.68. The maximum Gasteiger partial charge on any atom is 0.313 e. The van der Waals surface area contributed by atoms with Gasteiger partial charge in [0.25, 0.3) is 0 Å². The fraction of sp³-hybridized carbons (Fsp3) is 0.591. The molecule has 142 valence electrons.